The Hall–Kier alpha value is -7.01. The zero-order valence-electron chi connectivity index (χ0n) is 30.1. The van der Waals surface area contributed by atoms with Gasteiger partial charge in [0, 0.05) is 36.9 Å². The molecule has 8 aromatic carbocycles. The normalized spacial score (nSPS) is 13.1. The Labute approximate surface area is 328 Å². The highest BCUT2D eigenvalue weighted by molar-refractivity contribution is 7.26. The predicted molar refractivity (Wildman–Crippen MR) is 231 cm³/mol. The third-order valence-corrected chi connectivity index (χ3v) is 13.0. The van der Waals surface area contributed by atoms with E-state index in [1.54, 1.807) is 11.3 Å². The molecule has 0 amide bonds. The number of fused-ring (bicyclic) bond motifs is 13. The van der Waals surface area contributed by atoms with Crippen LogP contribution in [0.1, 0.15) is 22.3 Å². The van der Waals surface area contributed by atoms with Crippen molar-refractivity contribution in [3.05, 3.63) is 210 Å². The largest absolute Gasteiger partial charge is 0.208 e. The van der Waals surface area contributed by atoms with Gasteiger partial charge in [-0.3, -0.25) is 0 Å². The van der Waals surface area contributed by atoms with Crippen molar-refractivity contribution in [3.63, 3.8) is 0 Å². The average molecular weight is 730 g/mol. The second-order valence-electron chi connectivity index (χ2n) is 14.7. The molecule has 10 aromatic rings. The van der Waals surface area contributed by atoms with Gasteiger partial charge in [0.2, 0.25) is 0 Å². The molecule has 0 radical (unpaired) electrons. The van der Waals surface area contributed by atoms with E-state index < -0.39 is 0 Å². The molecule has 0 fully saturated rings. The first-order valence-electron chi connectivity index (χ1n) is 19.0. The van der Waals surface area contributed by atoms with Crippen LogP contribution in [0.4, 0.5) is 0 Å². The van der Waals surface area contributed by atoms with Gasteiger partial charge in [0.1, 0.15) is 0 Å². The number of thiophene rings is 1. The average Bonchev–Trinajstić information content (AvgIpc) is 3.91. The fourth-order valence-corrected chi connectivity index (χ4v) is 10.6. The Morgan fingerprint density at radius 2 is 0.804 bits per heavy atom. The lowest BCUT2D eigenvalue weighted by Gasteiger charge is -2.30. The molecule has 1 spiro atoms. The monoisotopic (exact) mass is 729 g/mol. The molecule has 0 bridgehead atoms. The molecule has 260 valence electrons. The van der Waals surface area contributed by atoms with Gasteiger partial charge in [-0.2, -0.15) is 0 Å². The second-order valence-corrected chi connectivity index (χ2v) is 15.7. The molecule has 3 nitrogen and oxygen atoms in total. The van der Waals surface area contributed by atoms with Crippen LogP contribution in [0, 0.1) is 0 Å². The minimum absolute atomic E-state index is 0.374. The Morgan fingerprint density at radius 3 is 1.48 bits per heavy atom. The fourth-order valence-electron chi connectivity index (χ4n) is 9.35. The highest BCUT2D eigenvalue weighted by atomic mass is 32.1. The second kappa shape index (κ2) is 12.0. The number of aromatic nitrogens is 3. The van der Waals surface area contributed by atoms with E-state index in [1.807, 2.05) is 18.2 Å². The lowest BCUT2D eigenvalue weighted by Crippen LogP contribution is -2.25. The molecular weight excluding hydrogens is 699 g/mol. The quantitative estimate of drug-likeness (QED) is 0.181. The van der Waals surface area contributed by atoms with Crippen LogP contribution in [0.5, 0.6) is 0 Å². The number of rotatable bonds is 4. The van der Waals surface area contributed by atoms with Gasteiger partial charge in [-0.1, -0.05) is 170 Å². The predicted octanol–water partition coefficient (Wildman–Crippen LogP) is 13.3. The van der Waals surface area contributed by atoms with E-state index in [2.05, 4.69) is 170 Å². The van der Waals surface area contributed by atoms with E-state index in [0.717, 1.165) is 22.3 Å². The van der Waals surface area contributed by atoms with Crippen LogP contribution in [-0.2, 0) is 5.41 Å². The van der Waals surface area contributed by atoms with Crippen molar-refractivity contribution < 1.29 is 0 Å². The summed E-state index contributed by atoms with van der Waals surface area (Å²) in [6, 6.07) is 67.9. The van der Waals surface area contributed by atoms with Crippen LogP contribution < -0.4 is 0 Å². The van der Waals surface area contributed by atoms with Crippen LogP contribution in [0.2, 0.25) is 0 Å². The number of nitrogens with zero attached hydrogens (tertiary/aromatic N) is 3. The summed E-state index contributed by atoms with van der Waals surface area (Å²) >= 11 is 1.79. The van der Waals surface area contributed by atoms with E-state index in [4.69, 9.17) is 15.0 Å². The highest BCUT2D eigenvalue weighted by Crippen LogP contribution is 2.63. The molecule has 0 atom stereocenters. The van der Waals surface area contributed by atoms with Gasteiger partial charge in [0.25, 0.3) is 0 Å². The molecule has 0 unspecified atom stereocenters. The highest BCUT2D eigenvalue weighted by Gasteiger charge is 2.51. The summed E-state index contributed by atoms with van der Waals surface area (Å²) in [5, 5.41) is 2.48. The van der Waals surface area contributed by atoms with E-state index in [1.165, 1.54) is 70.2 Å². The number of hydrogen-bond donors (Lipinski definition) is 0. The molecule has 4 heteroatoms. The minimum atomic E-state index is -0.374. The molecule has 0 aliphatic heterocycles. The summed E-state index contributed by atoms with van der Waals surface area (Å²) in [5.74, 6) is 1.99. The molecule has 12 rings (SSSR count). The van der Waals surface area contributed by atoms with E-state index >= 15 is 0 Å². The maximum absolute atomic E-state index is 5.17. The van der Waals surface area contributed by atoms with Gasteiger partial charge in [-0.15, -0.1) is 11.3 Å². The van der Waals surface area contributed by atoms with Crippen LogP contribution >= 0.6 is 11.3 Å². The first kappa shape index (κ1) is 31.4. The van der Waals surface area contributed by atoms with E-state index in [0.29, 0.717) is 17.5 Å². The lowest BCUT2D eigenvalue weighted by molar-refractivity contribution is 0.794. The van der Waals surface area contributed by atoms with Gasteiger partial charge in [0.05, 0.1) is 5.41 Å². The molecule has 0 saturated heterocycles. The van der Waals surface area contributed by atoms with Crippen LogP contribution in [0.25, 0.3) is 87.7 Å². The fraction of sp³-hybridized carbons (Fsp3) is 0.0192. The molecule has 2 aliphatic carbocycles. The lowest BCUT2D eigenvalue weighted by atomic mass is 9.70. The SMILES string of the molecule is c1ccc(-c2nc(-c3ccc(-c4ccc5c(c4)C4(c6ccccc6-c6ccccc64)c4ccccc4-5)cc3)nc(-c3cccc4c3sc3ccccc34)n2)cc1. The topological polar surface area (TPSA) is 38.7 Å². The van der Waals surface area contributed by atoms with Crippen LogP contribution in [0.15, 0.2) is 188 Å². The molecule has 2 aliphatic rings. The van der Waals surface area contributed by atoms with Gasteiger partial charge in [-0.05, 0) is 73.8 Å². The Kier molecular flexibility index (Phi) is 6.72. The van der Waals surface area contributed by atoms with Crippen molar-refractivity contribution in [2.24, 2.45) is 0 Å². The minimum Gasteiger partial charge on any atom is -0.208 e. The van der Waals surface area contributed by atoms with Gasteiger partial charge in [-0.25, -0.2) is 15.0 Å². The first-order chi connectivity index (χ1) is 27.8. The number of hydrogen-bond acceptors (Lipinski definition) is 4. The molecular formula is C52H31N3S. The van der Waals surface area contributed by atoms with Crippen LogP contribution in [-0.4, -0.2) is 15.0 Å². The maximum atomic E-state index is 5.17. The van der Waals surface area contributed by atoms with Crippen molar-refractivity contribution >= 4 is 31.5 Å². The molecule has 2 aromatic heterocycles. The van der Waals surface area contributed by atoms with Gasteiger partial charge >= 0.3 is 0 Å². The maximum Gasteiger partial charge on any atom is 0.165 e. The Morgan fingerprint density at radius 1 is 0.321 bits per heavy atom. The zero-order valence-corrected chi connectivity index (χ0v) is 31.0. The van der Waals surface area contributed by atoms with Crippen molar-refractivity contribution in [3.8, 4) is 67.5 Å². The van der Waals surface area contributed by atoms with Crippen molar-refractivity contribution in [2.75, 3.05) is 0 Å². The Bertz CT molecular complexity index is 3130. The summed E-state index contributed by atoms with van der Waals surface area (Å²) in [7, 11) is 0. The summed E-state index contributed by atoms with van der Waals surface area (Å²) in [6.45, 7) is 0. The van der Waals surface area contributed by atoms with Crippen molar-refractivity contribution in [2.45, 2.75) is 5.41 Å². The molecule has 0 N–H and O–H groups in total. The van der Waals surface area contributed by atoms with Crippen molar-refractivity contribution in [1.29, 1.82) is 0 Å². The number of benzene rings is 8. The molecule has 2 heterocycles. The zero-order chi connectivity index (χ0) is 36.8. The van der Waals surface area contributed by atoms with E-state index in [9.17, 15) is 0 Å². The summed E-state index contributed by atoms with van der Waals surface area (Å²) < 4.78 is 2.44. The summed E-state index contributed by atoms with van der Waals surface area (Å²) in [6.07, 6.45) is 0. The van der Waals surface area contributed by atoms with Crippen molar-refractivity contribution in [1.82, 2.24) is 15.0 Å². The smallest absolute Gasteiger partial charge is 0.165 e. The first-order valence-corrected chi connectivity index (χ1v) is 19.8. The Balaban J connectivity index is 0.993. The van der Waals surface area contributed by atoms with Gasteiger partial charge in [0.15, 0.2) is 17.5 Å². The molecule has 56 heavy (non-hydrogen) atoms. The van der Waals surface area contributed by atoms with Gasteiger partial charge < -0.3 is 0 Å². The van der Waals surface area contributed by atoms with E-state index in [-0.39, 0.29) is 5.41 Å². The third kappa shape index (κ3) is 4.42. The summed E-state index contributed by atoms with van der Waals surface area (Å²) in [5.41, 5.74) is 15.5. The molecule has 0 saturated carbocycles. The van der Waals surface area contributed by atoms with Crippen LogP contribution in [0.3, 0.4) is 0 Å². The standard InChI is InChI=1S/C52H31N3S/c1-2-13-33(14-3-1)49-53-50(55-51(54-49)42-20-12-19-41-40-18-7-11-24-47(40)56-48(41)42)34-27-25-32(26-28-34)35-29-30-39-38-17-6-10-23-45(38)52(46(39)31-35)43-21-8-4-15-36(43)37-16-5-9-22-44(37)52/h1-31H. The summed E-state index contributed by atoms with van der Waals surface area (Å²) in [4.78, 5) is 15.3. The third-order valence-electron chi connectivity index (χ3n) is 11.8.